The topological polar surface area (TPSA) is 40.5 Å². The zero-order valence-electron chi connectivity index (χ0n) is 9.79. The molecule has 0 spiro atoms. The van der Waals surface area contributed by atoms with Crippen LogP contribution in [-0.4, -0.2) is 22.1 Å². The van der Waals surface area contributed by atoms with Gasteiger partial charge in [-0.15, -0.1) is 0 Å². The van der Waals surface area contributed by atoms with Crippen LogP contribution in [0.4, 0.5) is 13.2 Å². The van der Waals surface area contributed by atoms with Gasteiger partial charge in [0.15, 0.2) is 6.23 Å². The van der Waals surface area contributed by atoms with Gasteiger partial charge < -0.3 is 10.0 Å². The third-order valence-electron chi connectivity index (χ3n) is 2.81. The molecular formula is C12H8Cl2F3NO2. The van der Waals surface area contributed by atoms with Crippen LogP contribution in [0, 0.1) is 0 Å². The third-order valence-corrected chi connectivity index (χ3v) is 3.66. The Balaban J connectivity index is 2.14. The number of nitrogens with zero attached hydrogens (tertiary/aromatic N) is 1. The molecule has 2 rings (SSSR count). The van der Waals surface area contributed by atoms with E-state index in [1.165, 1.54) is 12.1 Å². The minimum atomic E-state index is -4.42. The zero-order valence-corrected chi connectivity index (χ0v) is 11.3. The van der Waals surface area contributed by atoms with Gasteiger partial charge in [-0.05, 0) is 17.7 Å². The van der Waals surface area contributed by atoms with E-state index in [-0.39, 0.29) is 16.6 Å². The number of halogens is 5. The maximum absolute atomic E-state index is 12.4. The normalized spacial score (nSPS) is 20.0. The quantitative estimate of drug-likeness (QED) is 0.907. The summed E-state index contributed by atoms with van der Waals surface area (Å²) < 4.78 is 37.2. The summed E-state index contributed by atoms with van der Waals surface area (Å²) in [5.74, 6) is -0.663. The highest BCUT2D eigenvalue weighted by atomic mass is 35.5. The molecule has 0 saturated heterocycles. The first-order chi connectivity index (χ1) is 9.21. The second-order valence-corrected chi connectivity index (χ2v) is 4.95. The molecule has 0 fully saturated rings. The first-order valence-electron chi connectivity index (χ1n) is 5.42. The highest BCUT2D eigenvalue weighted by molar-refractivity contribution is 6.49. The Morgan fingerprint density at radius 2 is 1.75 bits per heavy atom. The molecule has 3 nitrogen and oxygen atoms in total. The van der Waals surface area contributed by atoms with E-state index in [0.717, 1.165) is 17.0 Å². The van der Waals surface area contributed by atoms with E-state index >= 15 is 0 Å². The van der Waals surface area contributed by atoms with E-state index in [1.807, 2.05) is 0 Å². The number of hydrogen-bond acceptors (Lipinski definition) is 2. The van der Waals surface area contributed by atoms with Crippen molar-refractivity contribution in [3.8, 4) is 0 Å². The Morgan fingerprint density at radius 1 is 1.20 bits per heavy atom. The minimum absolute atomic E-state index is 0.0927. The van der Waals surface area contributed by atoms with Gasteiger partial charge in [-0.25, -0.2) is 0 Å². The van der Waals surface area contributed by atoms with Gasteiger partial charge in [-0.2, -0.15) is 13.2 Å². The molecule has 1 aliphatic rings. The summed E-state index contributed by atoms with van der Waals surface area (Å²) >= 11 is 11.2. The molecule has 8 heteroatoms. The Hall–Kier alpha value is -1.24. The van der Waals surface area contributed by atoms with Crippen molar-refractivity contribution in [2.24, 2.45) is 0 Å². The van der Waals surface area contributed by atoms with Crippen molar-refractivity contribution in [2.75, 3.05) is 0 Å². The maximum Gasteiger partial charge on any atom is 0.416 e. The van der Waals surface area contributed by atoms with Gasteiger partial charge in [0.1, 0.15) is 5.03 Å². The zero-order chi connectivity index (χ0) is 15.1. The van der Waals surface area contributed by atoms with E-state index in [9.17, 15) is 23.1 Å². The first-order valence-corrected chi connectivity index (χ1v) is 6.17. The van der Waals surface area contributed by atoms with Gasteiger partial charge in [-0.3, -0.25) is 4.79 Å². The van der Waals surface area contributed by atoms with Crippen molar-refractivity contribution in [3.05, 3.63) is 45.5 Å². The van der Waals surface area contributed by atoms with Crippen LogP contribution in [0.1, 0.15) is 11.1 Å². The van der Waals surface area contributed by atoms with Gasteiger partial charge in [-0.1, -0.05) is 35.3 Å². The van der Waals surface area contributed by atoms with E-state index < -0.39 is 23.9 Å². The summed E-state index contributed by atoms with van der Waals surface area (Å²) in [6, 6.07) is 4.25. The van der Waals surface area contributed by atoms with Gasteiger partial charge in [0.05, 0.1) is 10.6 Å². The molecule has 1 unspecified atom stereocenters. The largest absolute Gasteiger partial charge is 0.416 e. The number of benzene rings is 1. The standard InChI is InChI=1S/C12H8Cl2F3NO2/c13-8-9(14)11(20)18(10(8)19)5-6-1-3-7(4-2-6)12(15,16)17/h1-4,10,19H,5H2. The predicted octanol–water partition coefficient (Wildman–Crippen LogP) is 3.06. The number of carbonyl (C=O) groups is 1. The molecule has 108 valence electrons. The van der Waals surface area contributed by atoms with E-state index in [0.29, 0.717) is 5.56 Å². The van der Waals surface area contributed by atoms with Crippen LogP contribution < -0.4 is 0 Å². The molecule has 1 N–H and O–H groups in total. The Bertz CT molecular complexity index is 569. The summed E-state index contributed by atoms with van der Waals surface area (Å²) in [6.45, 7) is -0.0927. The minimum Gasteiger partial charge on any atom is -0.368 e. The van der Waals surface area contributed by atoms with Crippen molar-refractivity contribution < 1.29 is 23.1 Å². The second-order valence-electron chi connectivity index (χ2n) is 4.16. The molecular weight excluding hydrogens is 318 g/mol. The van der Waals surface area contributed by atoms with Gasteiger partial charge in [0, 0.05) is 6.54 Å². The molecule has 1 aliphatic heterocycles. The van der Waals surface area contributed by atoms with Crippen molar-refractivity contribution in [1.82, 2.24) is 4.90 Å². The van der Waals surface area contributed by atoms with Crippen LogP contribution in [-0.2, 0) is 17.5 Å². The number of carbonyl (C=O) groups excluding carboxylic acids is 1. The first kappa shape index (κ1) is 15.2. The fourth-order valence-electron chi connectivity index (χ4n) is 1.74. The van der Waals surface area contributed by atoms with Crippen LogP contribution in [0.2, 0.25) is 0 Å². The number of alkyl halides is 3. The molecule has 0 aliphatic carbocycles. The molecule has 20 heavy (non-hydrogen) atoms. The summed E-state index contributed by atoms with van der Waals surface area (Å²) in [5, 5.41) is 9.22. The lowest BCUT2D eigenvalue weighted by Gasteiger charge is -2.21. The van der Waals surface area contributed by atoms with Crippen LogP contribution in [0.3, 0.4) is 0 Å². The lowest BCUT2D eigenvalue weighted by atomic mass is 10.1. The van der Waals surface area contributed by atoms with Gasteiger partial charge >= 0.3 is 6.18 Å². The molecule has 1 aromatic carbocycles. The van der Waals surface area contributed by atoms with Crippen LogP contribution in [0.15, 0.2) is 34.3 Å². The van der Waals surface area contributed by atoms with Crippen molar-refractivity contribution in [1.29, 1.82) is 0 Å². The smallest absolute Gasteiger partial charge is 0.368 e. The molecule has 0 radical (unpaired) electrons. The Labute approximate surface area is 122 Å². The summed E-state index contributed by atoms with van der Waals surface area (Å²) in [7, 11) is 0. The number of rotatable bonds is 2. The number of amides is 1. The van der Waals surface area contributed by atoms with Crippen LogP contribution in [0.5, 0.6) is 0 Å². The van der Waals surface area contributed by atoms with Gasteiger partial charge in [0.25, 0.3) is 5.91 Å². The summed E-state index contributed by atoms with van der Waals surface area (Å²) in [5.41, 5.74) is -0.370. The predicted molar refractivity (Wildman–Crippen MR) is 66.7 cm³/mol. The monoisotopic (exact) mass is 325 g/mol. The fourth-order valence-corrected chi connectivity index (χ4v) is 2.15. The molecule has 1 atom stereocenters. The number of aliphatic hydroxyl groups is 1. The van der Waals surface area contributed by atoms with Crippen molar-refractivity contribution in [2.45, 2.75) is 18.9 Å². The average Bonchev–Trinajstić information content (AvgIpc) is 2.56. The second kappa shape index (κ2) is 5.27. The van der Waals surface area contributed by atoms with Crippen molar-refractivity contribution >= 4 is 29.1 Å². The maximum atomic E-state index is 12.4. The molecule has 1 aromatic rings. The molecule has 0 aromatic heterocycles. The van der Waals surface area contributed by atoms with E-state index in [4.69, 9.17) is 23.2 Å². The van der Waals surface area contributed by atoms with E-state index in [1.54, 1.807) is 0 Å². The lowest BCUT2D eigenvalue weighted by molar-refractivity contribution is -0.137. The molecule has 0 saturated carbocycles. The summed E-state index contributed by atoms with van der Waals surface area (Å²) in [4.78, 5) is 12.6. The lowest BCUT2D eigenvalue weighted by Crippen LogP contribution is -2.34. The van der Waals surface area contributed by atoms with Gasteiger partial charge in [0.2, 0.25) is 0 Å². The number of aliphatic hydroxyl groups excluding tert-OH is 1. The van der Waals surface area contributed by atoms with Crippen molar-refractivity contribution in [3.63, 3.8) is 0 Å². The van der Waals surface area contributed by atoms with Crippen LogP contribution >= 0.6 is 23.2 Å². The third kappa shape index (κ3) is 2.77. The molecule has 1 heterocycles. The fraction of sp³-hybridized carbons (Fsp3) is 0.250. The summed E-state index contributed by atoms with van der Waals surface area (Å²) in [6.07, 6.45) is -5.80. The average molecular weight is 326 g/mol. The highest BCUT2D eigenvalue weighted by Gasteiger charge is 2.36. The SMILES string of the molecule is O=C1C(Cl)=C(Cl)C(O)N1Cc1ccc(C(F)(F)F)cc1. The molecule has 0 bridgehead atoms. The van der Waals surface area contributed by atoms with Crippen LogP contribution in [0.25, 0.3) is 0 Å². The Morgan fingerprint density at radius 3 is 2.15 bits per heavy atom. The van der Waals surface area contributed by atoms with E-state index in [2.05, 4.69) is 0 Å². The number of hydrogen-bond donors (Lipinski definition) is 1. The highest BCUT2D eigenvalue weighted by Crippen LogP contribution is 2.32. The molecule has 1 amide bonds. The Kier molecular flexibility index (Phi) is 4.00.